The van der Waals surface area contributed by atoms with Gasteiger partial charge in [-0.25, -0.2) is 9.97 Å². The number of hydrogen-bond donors (Lipinski definition) is 1. The van der Waals surface area contributed by atoms with E-state index in [0.29, 0.717) is 12.2 Å². The van der Waals surface area contributed by atoms with Crippen molar-refractivity contribution >= 4 is 22.7 Å². The first-order chi connectivity index (χ1) is 11.8. The lowest BCUT2D eigenvalue weighted by atomic mass is 10.0. The molecule has 1 saturated heterocycles. The summed E-state index contributed by atoms with van der Waals surface area (Å²) in [6, 6.07) is 3.84. The maximum Gasteiger partial charge on any atom is 0.271 e. The van der Waals surface area contributed by atoms with Gasteiger partial charge in [-0.05, 0) is 25.0 Å². The average Bonchev–Trinajstić information content (AvgIpc) is 3.11. The van der Waals surface area contributed by atoms with E-state index in [0.717, 1.165) is 36.2 Å². The van der Waals surface area contributed by atoms with Crippen LogP contribution < -0.4 is 10.2 Å². The summed E-state index contributed by atoms with van der Waals surface area (Å²) < 4.78 is 5.45. The number of nitrogens with one attached hydrogen (secondary N) is 1. The second kappa shape index (κ2) is 6.27. The molecule has 3 aromatic heterocycles. The SMILES string of the molecule is O=C(NC1CCCN(c2nccc3occc23)C1)c1cnccn1. The Morgan fingerprint density at radius 3 is 3.08 bits per heavy atom. The molecule has 4 heterocycles. The highest BCUT2D eigenvalue weighted by atomic mass is 16.3. The number of aromatic nitrogens is 3. The van der Waals surface area contributed by atoms with Crippen molar-refractivity contribution in [2.75, 3.05) is 18.0 Å². The molecule has 7 heteroatoms. The van der Waals surface area contributed by atoms with Crippen molar-refractivity contribution in [3.8, 4) is 0 Å². The van der Waals surface area contributed by atoms with Crippen LogP contribution in [0.3, 0.4) is 0 Å². The molecule has 0 spiro atoms. The molecular weight excluding hydrogens is 306 g/mol. The van der Waals surface area contributed by atoms with Crippen molar-refractivity contribution in [1.29, 1.82) is 0 Å². The highest BCUT2D eigenvalue weighted by Crippen LogP contribution is 2.27. The lowest BCUT2D eigenvalue weighted by molar-refractivity contribution is 0.0927. The Morgan fingerprint density at radius 1 is 1.25 bits per heavy atom. The fourth-order valence-corrected chi connectivity index (χ4v) is 3.09. The fraction of sp³-hybridized carbons (Fsp3) is 0.294. The van der Waals surface area contributed by atoms with E-state index in [1.165, 1.54) is 12.4 Å². The molecule has 0 radical (unpaired) electrons. The van der Waals surface area contributed by atoms with Crippen molar-refractivity contribution in [2.24, 2.45) is 0 Å². The smallest absolute Gasteiger partial charge is 0.271 e. The molecule has 4 rings (SSSR count). The molecule has 1 unspecified atom stereocenters. The largest absolute Gasteiger partial charge is 0.464 e. The minimum absolute atomic E-state index is 0.0530. The van der Waals surface area contributed by atoms with Crippen molar-refractivity contribution in [3.05, 3.63) is 48.9 Å². The number of fused-ring (bicyclic) bond motifs is 1. The third kappa shape index (κ3) is 2.80. The normalized spacial score (nSPS) is 17.8. The number of pyridine rings is 1. The van der Waals surface area contributed by atoms with E-state index in [1.807, 2.05) is 12.1 Å². The second-order valence-electron chi connectivity index (χ2n) is 5.82. The first kappa shape index (κ1) is 14.6. The Kier molecular flexibility index (Phi) is 3.82. The van der Waals surface area contributed by atoms with Crippen LogP contribution in [0.5, 0.6) is 0 Å². The second-order valence-corrected chi connectivity index (χ2v) is 5.82. The topological polar surface area (TPSA) is 84.2 Å². The van der Waals surface area contributed by atoms with Crippen molar-refractivity contribution in [2.45, 2.75) is 18.9 Å². The molecule has 0 saturated carbocycles. The van der Waals surface area contributed by atoms with E-state index < -0.39 is 0 Å². The summed E-state index contributed by atoms with van der Waals surface area (Å²) in [4.78, 5) is 26.9. The third-order valence-corrected chi connectivity index (χ3v) is 4.21. The summed E-state index contributed by atoms with van der Waals surface area (Å²) in [5.41, 5.74) is 1.16. The van der Waals surface area contributed by atoms with Gasteiger partial charge in [-0.15, -0.1) is 0 Å². The molecule has 1 fully saturated rings. The number of carbonyl (C=O) groups excluding carboxylic acids is 1. The zero-order chi connectivity index (χ0) is 16.4. The van der Waals surface area contributed by atoms with Gasteiger partial charge in [-0.1, -0.05) is 0 Å². The summed E-state index contributed by atoms with van der Waals surface area (Å²) in [6.45, 7) is 1.62. The van der Waals surface area contributed by atoms with Gasteiger partial charge in [0.2, 0.25) is 0 Å². The third-order valence-electron chi connectivity index (χ3n) is 4.21. The maximum atomic E-state index is 12.3. The minimum Gasteiger partial charge on any atom is -0.464 e. The van der Waals surface area contributed by atoms with Crippen LogP contribution >= 0.6 is 0 Å². The number of hydrogen-bond acceptors (Lipinski definition) is 6. The van der Waals surface area contributed by atoms with Crippen LogP contribution in [-0.2, 0) is 0 Å². The van der Waals surface area contributed by atoms with E-state index in [1.54, 1.807) is 18.7 Å². The van der Waals surface area contributed by atoms with Gasteiger partial charge >= 0.3 is 0 Å². The molecule has 122 valence electrons. The van der Waals surface area contributed by atoms with Crippen LogP contribution in [0.15, 0.2) is 47.6 Å². The number of anilines is 1. The Balaban J connectivity index is 1.50. The predicted octanol–water partition coefficient (Wildman–Crippen LogP) is 2.02. The molecule has 0 aromatic carbocycles. The summed E-state index contributed by atoms with van der Waals surface area (Å²) in [7, 11) is 0. The zero-order valence-electron chi connectivity index (χ0n) is 13.1. The fourth-order valence-electron chi connectivity index (χ4n) is 3.09. The van der Waals surface area contributed by atoms with E-state index in [-0.39, 0.29) is 11.9 Å². The molecule has 0 aliphatic carbocycles. The van der Waals surface area contributed by atoms with Gasteiger partial charge in [0.1, 0.15) is 17.1 Å². The highest BCUT2D eigenvalue weighted by Gasteiger charge is 2.24. The van der Waals surface area contributed by atoms with Crippen LogP contribution in [-0.4, -0.2) is 40.0 Å². The number of furan rings is 1. The first-order valence-electron chi connectivity index (χ1n) is 7.95. The highest BCUT2D eigenvalue weighted by molar-refractivity contribution is 5.92. The van der Waals surface area contributed by atoms with Crippen LogP contribution in [0.4, 0.5) is 5.82 Å². The molecule has 1 aliphatic heterocycles. The first-order valence-corrected chi connectivity index (χ1v) is 7.95. The lowest BCUT2D eigenvalue weighted by Crippen LogP contribution is -2.48. The number of piperidine rings is 1. The molecule has 1 atom stereocenters. The van der Waals surface area contributed by atoms with Gasteiger partial charge in [-0.2, -0.15) is 0 Å². The summed E-state index contributed by atoms with van der Waals surface area (Å²) >= 11 is 0. The van der Waals surface area contributed by atoms with Gasteiger partial charge in [0.25, 0.3) is 5.91 Å². The summed E-state index contributed by atoms with van der Waals surface area (Å²) in [5, 5.41) is 4.04. The van der Waals surface area contributed by atoms with Crippen molar-refractivity contribution < 1.29 is 9.21 Å². The average molecular weight is 323 g/mol. The predicted molar refractivity (Wildman–Crippen MR) is 88.7 cm³/mol. The van der Waals surface area contributed by atoms with E-state index in [4.69, 9.17) is 4.42 Å². The summed E-state index contributed by atoms with van der Waals surface area (Å²) in [6.07, 6.45) is 9.90. The van der Waals surface area contributed by atoms with E-state index in [2.05, 4.69) is 25.2 Å². The summed E-state index contributed by atoms with van der Waals surface area (Å²) in [5.74, 6) is 0.712. The molecule has 3 aromatic rings. The van der Waals surface area contributed by atoms with Crippen molar-refractivity contribution in [1.82, 2.24) is 20.3 Å². The molecule has 0 bridgehead atoms. The van der Waals surface area contributed by atoms with Crippen LogP contribution in [0.1, 0.15) is 23.3 Å². The molecule has 1 N–H and O–H groups in total. The Morgan fingerprint density at radius 2 is 2.21 bits per heavy atom. The number of carbonyl (C=O) groups is 1. The Labute approximate surface area is 138 Å². The van der Waals surface area contributed by atoms with E-state index in [9.17, 15) is 4.79 Å². The standard InChI is InChI=1S/C17H17N5O2/c23-17(14-10-18-6-7-19-14)21-12-2-1-8-22(11-12)16-13-4-9-24-15(13)3-5-20-16/h3-7,9-10,12H,1-2,8,11H2,(H,21,23). The number of amides is 1. The van der Waals surface area contributed by atoms with Gasteiger partial charge in [0, 0.05) is 37.7 Å². The van der Waals surface area contributed by atoms with Crippen molar-refractivity contribution in [3.63, 3.8) is 0 Å². The van der Waals surface area contributed by atoms with E-state index >= 15 is 0 Å². The molecular formula is C17H17N5O2. The molecule has 24 heavy (non-hydrogen) atoms. The Bertz CT molecular complexity index is 848. The van der Waals surface area contributed by atoms with Crippen LogP contribution in [0, 0.1) is 0 Å². The molecule has 1 amide bonds. The quantitative estimate of drug-likeness (QED) is 0.794. The molecule has 1 aliphatic rings. The van der Waals surface area contributed by atoms with Gasteiger partial charge in [0.15, 0.2) is 0 Å². The maximum absolute atomic E-state index is 12.3. The Hall–Kier alpha value is -2.96. The number of rotatable bonds is 3. The zero-order valence-corrected chi connectivity index (χ0v) is 13.1. The monoisotopic (exact) mass is 323 g/mol. The molecule has 7 nitrogen and oxygen atoms in total. The van der Waals surface area contributed by atoms with Crippen LogP contribution in [0.2, 0.25) is 0 Å². The van der Waals surface area contributed by atoms with Gasteiger partial charge in [-0.3, -0.25) is 9.78 Å². The van der Waals surface area contributed by atoms with Crippen LogP contribution in [0.25, 0.3) is 11.0 Å². The minimum atomic E-state index is -0.190. The number of nitrogens with zero attached hydrogens (tertiary/aromatic N) is 4. The lowest BCUT2D eigenvalue weighted by Gasteiger charge is -2.34. The van der Waals surface area contributed by atoms with Gasteiger partial charge in [0.05, 0.1) is 17.8 Å². The van der Waals surface area contributed by atoms with Gasteiger partial charge < -0.3 is 14.6 Å².